The highest BCUT2D eigenvalue weighted by Crippen LogP contribution is 2.49. The topological polar surface area (TPSA) is 3.01 Å². The Kier molecular flexibility index (Phi) is 3.68. The molecule has 1 aliphatic carbocycles. The van der Waals surface area contributed by atoms with Gasteiger partial charge in [0.05, 0.1) is 5.41 Å². The summed E-state index contributed by atoms with van der Waals surface area (Å²) >= 11 is 0. The second-order valence-corrected chi connectivity index (χ2v) is 8.97. The molecule has 2 aliphatic rings. The standard InChI is InChI=1S/C24H30N/c1-17(2)20-11-8-9-18(3)22(20)25-16-24(15-23(25,4)5)14-13-19-10-6-7-12-21(19)24/h6-12,16-17H,13-15H2,1-5H3/q+1/t24-/m0/s1. The predicted octanol–water partition coefficient (Wildman–Crippen LogP) is 5.90. The smallest absolute Gasteiger partial charge is 0.196 e. The molecular weight excluding hydrogens is 302 g/mol. The maximum Gasteiger partial charge on any atom is 0.211 e. The molecule has 1 aliphatic heterocycles. The highest BCUT2D eigenvalue weighted by molar-refractivity contribution is 5.76. The van der Waals surface area contributed by atoms with Crippen molar-refractivity contribution in [1.82, 2.24) is 0 Å². The van der Waals surface area contributed by atoms with E-state index in [0.717, 1.165) is 0 Å². The average molecular weight is 333 g/mol. The van der Waals surface area contributed by atoms with Gasteiger partial charge in [-0.25, -0.2) is 0 Å². The van der Waals surface area contributed by atoms with Crippen LogP contribution in [0.5, 0.6) is 0 Å². The molecule has 0 radical (unpaired) electrons. The van der Waals surface area contributed by atoms with E-state index in [9.17, 15) is 0 Å². The van der Waals surface area contributed by atoms with E-state index in [0.29, 0.717) is 5.92 Å². The van der Waals surface area contributed by atoms with E-state index < -0.39 is 0 Å². The van der Waals surface area contributed by atoms with Crippen LogP contribution in [-0.2, 0) is 11.8 Å². The van der Waals surface area contributed by atoms with E-state index in [1.807, 2.05) is 0 Å². The zero-order valence-corrected chi connectivity index (χ0v) is 16.3. The molecular formula is C24H30N+. The molecule has 4 rings (SSSR count). The molecule has 130 valence electrons. The van der Waals surface area contributed by atoms with Crippen LogP contribution >= 0.6 is 0 Å². The molecule has 2 aromatic rings. The van der Waals surface area contributed by atoms with Crippen molar-refractivity contribution in [3.8, 4) is 0 Å². The molecule has 0 aromatic heterocycles. The number of hydrogen-bond donors (Lipinski definition) is 0. The molecule has 25 heavy (non-hydrogen) atoms. The lowest BCUT2D eigenvalue weighted by atomic mass is 9.77. The van der Waals surface area contributed by atoms with Gasteiger partial charge in [-0.15, -0.1) is 0 Å². The van der Waals surface area contributed by atoms with Gasteiger partial charge in [0.25, 0.3) is 0 Å². The Bertz CT molecular complexity index is 856. The van der Waals surface area contributed by atoms with Crippen LogP contribution in [0.2, 0.25) is 0 Å². The van der Waals surface area contributed by atoms with Gasteiger partial charge in [0.2, 0.25) is 5.69 Å². The van der Waals surface area contributed by atoms with Crippen molar-refractivity contribution in [2.24, 2.45) is 0 Å². The molecule has 0 fully saturated rings. The second-order valence-electron chi connectivity index (χ2n) is 8.97. The third kappa shape index (κ3) is 2.47. The Balaban J connectivity index is 1.92. The first-order valence-electron chi connectivity index (χ1n) is 9.67. The Morgan fingerprint density at radius 2 is 1.76 bits per heavy atom. The lowest BCUT2D eigenvalue weighted by Gasteiger charge is -2.23. The van der Waals surface area contributed by atoms with Gasteiger partial charge in [-0.05, 0) is 36.8 Å². The fourth-order valence-electron chi connectivity index (χ4n) is 5.20. The molecule has 0 saturated carbocycles. The van der Waals surface area contributed by atoms with E-state index in [-0.39, 0.29) is 11.0 Å². The predicted molar refractivity (Wildman–Crippen MR) is 106 cm³/mol. The van der Waals surface area contributed by atoms with E-state index in [4.69, 9.17) is 0 Å². The Morgan fingerprint density at radius 3 is 2.52 bits per heavy atom. The highest BCUT2D eigenvalue weighted by Gasteiger charge is 2.54. The van der Waals surface area contributed by atoms with E-state index in [1.165, 1.54) is 36.1 Å². The van der Waals surface area contributed by atoms with Crippen LogP contribution in [0.25, 0.3) is 0 Å². The van der Waals surface area contributed by atoms with Crippen molar-refractivity contribution in [3.63, 3.8) is 0 Å². The molecule has 1 heterocycles. The Morgan fingerprint density at radius 1 is 1.00 bits per heavy atom. The summed E-state index contributed by atoms with van der Waals surface area (Å²) in [6.07, 6.45) is 6.23. The summed E-state index contributed by atoms with van der Waals surface area (Å²) in [4.78, 5) is 0. The van der Waals surface area contributed by atoms with Crippen molar-refractivity contribution in [2.75, 3.05) is 0 Å². The first kappa shape index (κ1) is 16.6. The number of aryl methyl sites for hydroxylation is 2. The zero-order chi connectivity index (χ0) is 17.8. The fourth-order valence-corrected chi connectivity index (χ4v) is 5.20. The van der Waals surface area contributed by atoms with Crippen LogP contribution in [0, 0.1) is 6.92 Å². The minimum Gasteiger partial charge on any atom is -0.196 e. The third-order valence-electron chi connectivity index (χ3n) is 6.30. The largest absolute Gasteiger partial charge is 0.211 e. The SMILES string of the molecule is Cc1cccc(C(C)C)c1[N+]1=C[C@]2(CCc3ccccc32)CC1(C)C. The van der Waals surface area contributed by atoms with Gasteiger partial charge < -0.3 is 0 Å². The maximum absolute atomic E-state index is 2.61. The van der Waals surface area contributed by atoms with Crippen LogP contribution in [-0.4, -0.2) is 16.3 Å². The summed E-state index contributed by atoms with van der Waals surface area (Å²) in [5.74, 6) is 0.534. The number of nitrogens with zero attached hydrogens (tertiary/aromatic N) is 1. The molecule has 1 atom stereocenters. The molecule has 0 bridgehead atoms. The number of hydrogen-bond acceptors (Lipinski definition) is 0. The molecule has 0 unspecified atom stereocenters. The van der Waals surface area contributed by atoms with Gasteiger partial charge in [0.1, 0.15) is 0 Å². The summed E-state index contributed by atoms with van der Waals surface area (Å²) in [6.45, 7) is 11.7. The molecule has 0 N–H and O–H groups in total. The van der Waals surface area contributed by atoms with Gasteiger partial charge in [-0.1, -0.05) is 56.3 Å². The van der Waals surface area contributed by atoms with Gasteiger partial charge in [-0.2, -0.15) is 4.58 Å². The van der Waals surface area contributed by atoms with Crippen molar-refractivity contribution in [3.05, 3.63) is 64.7 Å². The molecule has 1 spiro atoms. The molecule has 0 amide bonds. The lowest BCUT2D eigenvalue weighted by molar-refractivity contribution is -0.512. The number of rotatable bonds is 2. The molecule has 2 aromatic carbocycles. The first-order chi connectivity index (χ1) is 11.8. The normalized spacial score (nSPS) is 24.0. The van der Waals surface area contributed by atoms with Crippen molar-refractivity contribution in [1.29, 1.82) is 0 Å². The van der Waals surface area contributed by atoms with Crippen LogP contribution in [0.3, 0.4) is 0 Å². The van der Waals surface area contributed by atoms with E-state index in [2.05, 4.69) is 87.9 Å². The van der Waals surface area contributed by atoms with Crippen molar-refractivity contribution < 1.29 is 4.58 Å². The zero-order valence-electron chi connectivity index (χ0n) is 16.3. The highest BCUT2D eigenvalue weighted by atomic mass is 15.1. The number of fused-ring (bicyclic) bond motifs is 2. The second kappa shape index (κ2) is 5.56. The summed E-state index contributed by atoms with van der Waals surface area (Å²) in [5.41, 5.74) is 7.73. The lowest BCUT2D eigenvalue weighted by Crippen LogP contribution is -2.31. The number of benzene rings is 2. The average Bonchev–Trinajstić information content (AvgIpc) is 3.04. The van der Waals surface area contributed by atoms with Crippen LogP contribution in [0.15, 0.2) is 42.5 Å². The monoisotopic (exact) mass is 332 g/mol. The summed E-state index contributed by atoms with van der Waals surface area (Å²) < 4.78 is 2.61. The summed E-state index contributed by atoms with van der Waals surface area (Å²) in [7, 11) is 0. The third-order valence-corrected chi connectivity index (χ3v) is 6.30. The van der Waals surface area contributed by atoms with E-state index >= 15 is 0 Å². The van der Waals surface area contributed by atoms with Crippen LogP contribution in [0.1, 0.15) is 68.7 Å². The quantitative estimate of drug-likeness (QED) is 0.602. The van der Waals surface area contributed by atoms with Crippen LogP contribution < -0.4 is 0 Å². The maximum atomic E-state index is 2.61. The first-order valence-corrected chi connectivity index (χ1v) is 9.67. The molecule has 0 saturated heterocycles. The fraction of sp³-hybridized carbons (Fsp3) is 0.458. The minimum absolute atomic E-state index is 0.132. The van der Waals surface area contributed by atoms with Crippen molar-refractivity contribution >= 4 is 11.9 Å². The van der Waals surface area contributed by atoms with Gasteiger partial charge in [0, 0.05) is 31.4 Å². The molecule has 1 heteroatoms. The van der Waals surface area contributed by atoms with Gasteiger partial charge in [-0.3, -0.25) is 0 Å². The van der Waals surface area contributed by atoms with Gasteiger partial charge >= 0.3 is 0 Å². The molecule has 1 nitrogen and oxygen atoms in total. The van der Waals surface area contributed by atoms with Crippen molar-refractivity contribution in [2.45, 2.75) is 70.8 Å². The summed E-state index contributed by atoms with van der Waals surface area (Å²) in [5, 5.41) is 0. The Labute approximate surface area is 152 Å². The Hall–Kier alpha value is -1.89. The summed E-state index contributed by atoms with van der Waals surface area (Å²) in [6, 6.07) is 15.9. The van der Waals surface area contributed by atoms with Gasteiger partial charge in [0.15, 0.2) is 11.8 Å². The number of para-hydroxylation sites is 1. The van der Waals surface area contributed by atoms with E-state index in [1.54, 1.807) is 11.1 Å². The minimum atomic E-state index is 0.132. The van der Waals surface area contributed by atoms with Crippen LogP contribution in [0.4, 0.5) is 5.69 Å².